The third-order valence-corrected chi connectivity index (χ3v) is 1.92. The second-order valence-corrected chi connectivity index (χ2v) is 2.94. The van der Waals surface area contributed by atoms with Gasteiger partial charge in [0, 0.05) is 0 Å². The van der Waals surface area contributed by atoms with Crippen LogP contribution in [0.15, 0.2) is 6.20 Å². The number of hydrogen-bond donors (Lipinski definition) is 1. The lowest BCUT2D eigenvalue weighted by molar-refractivity contribution is -0.139. The Labute approximate surface area is 89.2 Å². The van der Waals surface area contributed by atoms with E-state index in [2.05, 4.69) is 9.72 Å². The fraction of sp³-hybridized carbons (Fsp3) is 0.333. The lowest BCUT2D eigenvalue weighted by atomic mass is 10.1. The van der Waals surface area contributed by atoms with Gasteiger partial charge in [0.1, 0.15) is 0 Å². The zero-order valence-corrected chi connectivity index (χ0v) is 8.34. The van der Waals surface area contributed by atoms with Crippen LogP contribution in [0.4, 0.5) is 18.9 Å². The number of esters is 1. The van der Waals surface area contributed by atoms with Gasteiger partial charge in [-0.1, -0.05) is 0 Å². The molecule has 0 aliphatic rings. The summed E-state index contributed by atoms with van der Waals surface area (Å²) in [6.07, 6.45) is -2.72. The Hall–Kier alpha value is -1.79. The number of rotatable bonds is 3. The topological polar surface area (TPSA) is 65.2 Å². The fourth-order valence-electron chi connectivity index (χ4n) is 1.13. The van der Waals surface area contributed by atoms with Crippen LogP contribution in [0.2, 0.25) is 0 Å². The van der Waals surface area contributed by atoms with Crippen LogP contribution in [-0.2, 0) is 16.0 Å². The van der Waals surface area contributed by atoms with Crippen LogP contribution in [0.5, 0.6) is 0 Å². The zero-order valence-electron chi connectivity index (χ0n) is 8.34. The number of carbonyl (C=O) groups excluding carboxylic acids is 1. The number of anilines is 1. The van der Waals surface area contributed by atoms with E-state index in [1.807, 2.05) is 0 Å². The second-order valence-electron chi connectivity index (χ2n) is 2.94. The third kappa shape index (κ3) is 2.41. The summed E-state index contributed by atoms with van der Waals surface area (Å²) < 4.78 is 42.6. The number of carbonyl (C=O) groups is 1. The lowest BCUT2D eigenvalue weighted by Crippen LogP contribution is -2.12. The highest BCUT2D eigenvalue weighted by molar-refractivity contribution is 5.72. The van der Waals surface area contributed by atoms with E-state index in [1.165, 1.54) is 0 Å². The number of halogens is 3. The molecule has 0 radical (unpaired) electrons. The minimum atomic E-state index is -3.09. The number of methoxy groups -OCH3 is 1. The summed E-state index contributed by atoms with van der Waals surface area (Å²) >= 11 is 0. The number of nitrogen functional groups attached to an aromatic ring is 1. The molecule has 0 fully saturated rings. The molecule has 1 heterocycles. The third-order valence-electron chi connectivity index (χ3n) is 1.92. The summed E-state index contributed by atoms with van der Waals surface area (Å²) in [7, 11) is 1.10. The summed E-state index contributed by atoms with van der Waals surface area (Å²) in [5.74, 6) is -2.03. The molecule has 0 aliphatic heterocycles. The van der Waals surface area contributed by atoms with E-state index in [1.54, 1.807) is 0 Å². The van der Waals surface area contributed by atoms with Crippen LogP contribution < -0.4 is 5.73 Å². The molecule has 0 saturated heterocycles. The summed E-state index contributed by atoms with van der Waals surface area (Å²) in [6, 6.07) is 0. The van der Waals surface area contributed by atoms with Gasteiger partial charge in [0.2, 0.25) is 0 Å². The van der Waals surface area contributed by atoms with Gasteiger partial charge < -0.3 is 10.5 Å². The Morgan fingerprint density at radius 3 is 2.75 bits per heavy atom. The SMILES string of the molecule is COC(=O)Cc1ncc(N)c(F)c1C(F)F. The molecule has 2 N–H and O–H groups in total. The van der Waals surface area contributed by atoms with E-state index in [-0.39, 0.29) is 5.69 Å². The molecule has 0 aliphatic carbocycles. The van der Waals surface area contributed by atoms with Gasteiger partial charge in [0.05, 0.1) is 36.7 Å². The van der Waals surface area contributed by atoms with Gasteiger partial charge in [-0.25, -0.2) is 13.2 Å². The second kappa shape index (κ2) is 4.82. The molecular formula is C9H9F3N2O2. The van der Waals surface area contributed by atoms with Crippen LogP contribution in [0, 0.1) is 5.82 Å². The monoisotopic (exact) mass is 234 g/mol. The van der Waals surface area contributed by atoms with Crippen molar-refractivity contribution in [1.82, 2.24) is 4.98 Å². The maximum absolute atomic E-state index is 13.3. The average Bonchev–Trinajstić information content (AvgIpc) is 2.23. The van der Waals surface area contributed by atoms with Gasteiger partial charge in [0.25, 0.3) is 6.43 Å². The van der Waals surface area contributed by atoms with Gasteiger partial charge in [-0.2, -0.15) is 0 Å². The summed E-state index contributed by atoms with van der Waals surface area (Å²) in [5, 5.41) is 0. The largest absolute Gasteiger partial charge is 0.469 e. The molecule has 1 rings (SSSR count). The zero-order chi connectivity index (χ0) is 12.3. The molecule has 4 nitrogen and oxygen atoms in total. The number of nitrogens with two attached hydrogens (primary N) is 1. The smallest absolute Gasteiger partial charge is 0.311 e. The van der Waals surface area contributed by atoms with Gasteiger partial charge >= 0.3 is 5.97 Å². The average molecular weight is 234 g/mol. The summed E-state index contributed by atoms with van der Waals surface area (Å²) in [6.45, 7) is 0. The Kier molecular flexibility index (Phi) is 3.70. The van der Waals surface area contributed by atoms with Crippen LogP contribution in [-0.4, -0.2) is 18.1 Å². The van der Waals surface area contributed by atoms with Crippen molar-refractivity contribution in [2.75, 3.05) is 12.8 Å². The van der Waals surface area contributed by atoms with Crippen molar-refractivity contribution >= 4 is 11.7 Å². The number of nitrogens with zero attached hydrogens (tertiary/aromatic N) is 1. The fourth-order valence-corrected chi connectivity index (χ4v) is 1.13. The van der Waals surface area contributed by atoms with Crippen LogP contribution in [0.25, 0.3) is 0 Å². The number of alkyl halides is 2. The van der Waals surface area contributed by atoms with Crippen molar-refractivity contribution in [3.63, 3.8) is 0 Å². The molecule has 0 unspecified atom stereocenters. The van der Waals surface area contributed by atoms with Crippen molar-refractivity contribution in [3.8, 4) is 0 Å². The van der Waals surface area contributed by atoms with Crippen molar-refractivity contribution in [3.05, 3.63) is 23.3 Å². The number of aromatic nitrogens is 1. The maximum Gasteiger partial charge on any atom is 0.311 e. The molecule has 1 aromatic heterocycles. The molecule has 88 valence electrons. The Balaban J connectivity index is 3.18. The maximum atomic E-state index is 13.3. The Morgan fingerprint density at radius 1 is 1.62 bits per heavy atom. The highest BCUT2D eigenvalue weighted by Crippen LogP contribution is 2.28. The van der Waals surface area contributed by atoms with Crippen molar-refractivity contribution in [2.24, 2.45) is 0 Å². The van der Waals surface area contributed by atoms with E-state index >= 15 is 0 Å². The van der Waals surface area contributed by atoms with Gasteiger partial charge in [0.15, 0.2) is 5.82 Å². The molecule has 16 heavy (non-hydrogen) atoms. The number of hydrogen-bond acceptors (Lipinski definition) is 4. The number of pyridine rings is 1. The molecule has 7 heteroatoms. The molecule has 1 aromatic rings. The number of ether oxygens (including phenoxy) is 1. The normalized spacial score (nSPS) is 10.6. The molecule has 0 atom stereocenters. The van der Waals surface area contributed by atoms with E-state index in [0.717, 1.165) is 13.3 Å². The minimum absolute atomic E-state index is 0.367. The van der Waals surface area contributed by atoms with E-state index in [0.29, 0.717) is 0 Å². The predicted molar refractivity (Wildman–Crippen MR) is 49.3 cm³/mol. The summed E-state index contributed by atoms with van der Waals surface area (Å²) in [5.41, 5.74) is 3.30. The summed E-state index contributed by atoms with van der Waals surface area (Å²) in [4.78, 5) is 14.4. The van der Waals surface area contributed by atoms with Crippen molar-refractivity contribution in [1.29, 1.82) is 0 Å². The van der Waals surface area contributed by atoms with Gasteiger partial charge in [-0.05, 0) is 0 Å². The first-order valence-electron chi connectivity index (χ1n) is 4.25. The van der Waals surface area contributed by atoms with E-state index < -0.39 is 35.9 Å². The predicted octanol–water partition coefficient (Wildman–Crippen LogP) is 1.46. The minimum Gasteiger partial charge on any atom is -0.469 e. The Bertz CT molecular complexity index is 410. The van der Waals surface area contributed by atoms with Crippen molar-refractivity contribution in [2.45, 2.75) is 12.8 Å². The molecular weight excluding hydrogens is 225 g/mol. The highest BCUT2D eigenvalue weighted by Gasteiger charge is 2.23. The first-order valence-corrected chi connectivity index (χ1v) is 4.25. The van der Waals surface area contributed by atoms with Gasteiger partial charge in [-0.3, -0.25) is 9.78 Å². The quantitative estimate of drug-likeness (QED) is 0.804. The lowest BCUT2D eigenvalue weighted by Gasteiger charge is -2.09. The molecule has 0 bridgehead atoms. The highest BCUT2D eigenvalue weighted by atomic mass is 19.3. The van der Waals surface area contributed by atoms with Gasteiger partial charge in [-0.15, -0.1) is 0 Å². The Morgan fingerprint density at radius 2 is 2.25 bits per heavy atom. The molecule has 0 amide bonds. The van der Waals surface area contributed by atoms with Crippen LogP contribution >= 0.6 is 0 Å². The van der Waals surface area contributed by atoms with Crippen LogP contribution in [0.1, 0.15) is 17.7 Å². The van der Waals surface area contributed by atoms with Crippen LogP contribution in [0.3, 0.4) is 0 Å². The standard InChI is InChI=1S/C9H9F3N2O2/c1-16-6(15)2-5-7(9(11)12)8(10)4(13)3-14-5/h3,9H,2,13H2,1H3. The van der Waals surface area contributed by atoms with Crippen molar-refractivity contribution < 1.29 is 22.7 Å². The first kappa shape index (κ1) is 12.3. The molecule has 0 saturated carbocycles. The first-order chi connectivity index (χ1) is 7.47. The van der Waals surface area contributed by atoms with E-state index in [4.69, 9.17) is 5.73 Å². The molecule has 0 spiro atoms. The van der Waals surface area contributed by atoms with E-state index in [9.17, 15) is 18.0 Å². The molecule has 0 aromatic carbocycles.